The van der Waals surface area contributed by atoms with Gasteiger partial charge in [0.05, 0.1) is 0 Å². The zero-order valence-corrected chi connectivity index (χ0v) is 9.43. The zero-order valence-electron chi connectivity index (χ0n) is 9.43. The molecular weight excluding hydrogens is 228 g/mol. The van der Waals surface area contributed by atoms with Crippen molar-refractivity contribution in [3.05, 3.63) is 0 Å². The largest absolute Gasteiger partial charge is 0.480 e. The third-order valence-electron chi connectivity index (χ3n) is 2.30. The standard InChI is InChI=1S/C9H16N4O4/c1-9(17)7(16)12-8(13-9)11-4-2-3-5(10)6(14)15/h5,17H,2-4,10H2,1H3,(H,14,15)(H2,11,12,13,16)/t5-,9?/m0/s1. The summed E-state index contributed by atoms with van der Waals surface area (Å²) >= 11 is 0. The molecule has 0 aromatic rings. The van der Waals surface area contributed by atoms with E-state index in [0.717, 1.165) is 0 Å². The average Bonchev–Trinajstić information content (AvgIpc) is 2.47. The van der Waals surface area contributed by atoms with E-state index in [1.807, 2.05) is 0 Å². The van der Waals surface area contributed by atoms with E-state index in [0.29, 0.717) is 19.4 Å². The van der Waals surface area contributed by atoms with E-state index in [1.54, 1.807) is 0 Å². The number of aliphatic imine (C=N–C) groups is 1. The van der Waals surface area contributed by atoms with Crippen molar-refractivity contribution in [2.24, 2.45) is 10.7 Å². The molecule has 0 spiro atoms. The van der Waals surface area contributed by atoms with Crippen molar-refractivity contribution < 1.29 is 19.8 Å². The van der Waals surface area contributed by atoms with Crippen LogP contribution >= 0.6 is 0 Å². The van der Waals surface area contributed by atoms with Crippen molar-refractivity contribution in [3.8, 4) is 0 Å². The van der Waals surface area contributed by atoms with Gasteiger partial charge in [-0.05, 0) is 19.8 Å². The minimum Gasteiger partial charge on any atom is -0.480 e. The van der Waals surface area contributed by atoms with E-state index < -0.39 is 23.6 Å². The van der Waals surface area contributed by atoms with Crippen LogP contribution in [0.15, 0.2) is 4.99 Å². The highest BCUT2D eigenvalue weighted by molar-refractivity contribution is 6.07. The molecule has 1 unspecified atom stereocenters. The molecule has 2 atom stereocenters. The Balaban J connectivity index is 2.32. The van der Waals surface area contributed by atoms with Gasteiger partial charge in [-0.2, -0.15) is 0 Å². The number of nitrogens with zero attached hydrogens (tertiary/aromatic N) is 1. The molecular formula is C9H16N4O4. The first-order valence-corrected chi connectivity index (χ1v) is 5.18. The van der Waals surface area contributed by atoms with Crippen LogP contribution in [0.5, 0.6) is 0 Å². The van der Waals surface area contributed by atoms with Crippen LogP contribution in [0.1, 0.15) is 19.8 Å². The predicted molar refractivity (Wildman–Crippen MR) is 59.0 cm³/mol. The lowest BCUT2D eigenvalue weighted by Crippen LogP contribution is -2.43. The molecule has 0 aliphatic carbocycles. The fourth-order valence-corrected chi connectivity index (χ4v) is 1.25. The van der Waals surface area contributed by atoms with Crippen LogP contribution in [0.4, 0.5) is 0 Å². The Morgan fingerprint density at radius 3 is 2.76 bits per heavy atom. The van der Waals surface area contributed by atoms with Gasteiger partial charge in [-0.3, -0.25) is 19.9 Å². The Morgan fingerprint density at radius 2 is 2.29 bits per heavy atom. The molecule has 1 heterocycles. The van der Waals surface area contributed by atoms with Crippen molar-refractivity contribution in [1.82, 2.24) is 10.6 Å². The minimum absolute atomic E-state index is 0.184. The lowest BCUT2D eigenvalue weighted by atomic mass is 10.2. The number of nitrogens with two attached hydrogens (primary N) is 1. The summed E-state index contributed by atoms with van der Waals surface area (Å²) in [6.45, 7) is 1.63. The van der Waals surface area contributed by atoms with Gasteiger partial charge in [0, 0.05) is 6.54 Å². The Morgan fingerprint density at radius 1 is 1.65 bits per heavy atom. The van der Waals surface area contributed by atoms with Gasteiger partial charge >= 0.3 is 5.97 Å². The first-order valence-electron chi connectivity index (χ1n) is 5.18. The summed E-state index contributed by atoms with van der Waals surface area (Å²) in [6.07, 6.45) is 0.785. The molecule has 0 radical (unpaired) electrons. The molecule has 1 aliphatic heterocycles. The van der Waals surface area contributed by atoms with Crippen molar-refractivity contribution in [2.75, 3.05) is 6.54 Å². The third-order valence-corrected chi connectivity index (χ3v) is 2.30. The normalized spacial score (nSPS) is 27.7. The van der Waals surface area contributed by atoms with Crippen LogP contribution in [0, 0.1) is 0 Å². The van der Waals surface area contributed by atoms with Crippen molar-refractivity contribution in [2.45, 2.75) is 31.5 Å². The number of carbonyl (C=O) groups excluding carboxylic acids is 1. The van der Waals surface area contributed by atoms with Gasteiger partial charge in [0.1, 0.15) is 6.04 Å². The number of carboxylic acid groups (broad SMARTS) is 1. The summed E-state index contributed by atoms with van der Waals surface area (Å²) in [5, 5.41) is 22.8. The van der Waals surface area contributed by atoms with Crippen LogP contribution in [-0.4, -0.2) is 46.4 Å². The number of carboxylic acids is 1. The van der Waals surface area contributed by atoms with E-state index in [-0.39, 0.29) is 5.96 Å². The van der Waals surface area contributed by atoms with E-state index in [4.69, 9.17) is 10.8 Å². The van der Waals surface area contributed by atoms with Gasteiger partial charge in [0.2, 0.25) is 11.7 Å². The van der Waals surface area contributed by atoms with E-state index in [1.165, 1.54) is 6.92 Å². The second-order valence-electron chi connectivity index (χ2n) is 3.97. The number of nitrogens with one attached hydrogen (secondary N) is 2. The van der Waals surface area contributed by atoms with E-state index in [2.05, 4.69) is 15.6 Å². The molecule has 8 nitrogen and oxygen atoms in total. The van der Waals surface area contributed by atoms with Crippen LogP contribution < -0.4 is 16.4 Å². The molecule has 0 aromatic heterocycles. The van der Waals surface area contributed by atoms with Crippen molar-refractivity contribution in [1.29, 1.82) is 0 Å². The highest BCUT2D eigenvalue weighted by atomic mass is 16.4. The number of rotatable bonds is 5. The number of carbonyl (C=O) groups is 2. The molecule has 1 rings (SSSR count). The van der Waals surface area contributed by atoms with Gasteiger partial charge in [-0.1, -0.05) is 0 Å². The average molecular weight is 244 g/mol. The van der Waals surface area contributed by atoms with Gasteiger partial charge < -0.3 is 21.3 Å². The van der Waals surface area contributed by atoms with Crippen LogP contribution in [-0.2, 0) is 9.59 Å². The maximum absolute atomic E-state index is 11.1. The number of hydrogen-bond acceptors (Lipinski definition) is 5. The number of aliphatic carboxylic acids is 1. The molecule has 17 heavy (non-hydrogen) atoms. The molecule has 6 N–H and O–H groups in total. The van der Waals surface area contributed by atoms with Gasteiger partial charge in [-0.25, -0.2) is 0 Å². The fourth-order valence-electron chi connectivity index (χ4n) is 1.25. The van der Waals surface area contributed by atoms with Crippen LogP contribution in [0.25, 0.3) is 0 Å². The smallest absolute Gasteiger partial charge is 0.320 e. The number of aliphatic hydroxyl groups is 1. The molecule has 1 amide bonds. The second-order valence-corrected chi connectivity index (χ2v) is 3.97. The SMILES string of the molecule is CC1(O)NC(=NCCC[C@H](N)C(=O)O)NC1=O. The summed E-state index contributed by atoms with van der Waals surface area (Å²) in [5.41, 5.74) is 3.66. The molecule has 0 aromatic carbocycles. The van der Waals surface area contributed by atoms with Crippen LogP contribution in [0.3, 0.4) is 0 Å². The Kier molecular flexibility index (Phi) is 4.02. The predicted octanol–water partition coefficient (Wildman–Crippen LogP) is -2.04. The highest BCUT2D eigenvalue weighted by Gasteiger charge is 2.38. The number of guanidine groups is 1. The Labute approximate surface area is 97.9 Å². The molecule has 1 aliphatic rings. The quantitative estimate of drug-likeness (QED) is 0.353. The minimum atomic E-state index is -1.64. The second kappa shape index (κ2) is 5.11. The number of hydrogen-bond donors (Lipinski definition) is 5. The highest BCUT2D eigenvalue weighted by Crippen LogP contribution is 2.04. The zero-order chi connectivity index (χ0) is 13.1. The fraction of sp³-hybridized carbons (Fsp3) is 0.667. The van der Waals surface area contributed by atoms with Crippen molar-refractivity contribution in [3.63, 3.8) is 0 Å². The Bertz CT molecular complexity index is 353. The van der Waals surface area contributed by atoms with Gasteiger partial charge in [0.15, 0.2) is 0 Å². The topological polar surface area (TPSA) is 137 Å². The maximum atomic E-state index is 11.1. The maximum Gasteiger partial charge on any atom is 0.320 e. The van der Waals surface area contributed by atoms with E-state index >= 15 is 0 Å². The Hall–Kier alpha value is -1.67. The number of amides is 1. The van der Waals surface area contributed by atoms with Gasteiger partial charge in [-0.15, -0.1) is 0 Å². The summed E-state index contributed by atoms with van der Waals surface area (Å²) < 4.78 is 0. The van der Waals surface area contributed by atoms with Crippen molar-refractivity contribution >= 4 is 17.8 Å². The molecule has 1 fully saturated rings. The lowest BCUT2D eigenvalue weighted by Gasteiger charge is -2.11. The van der Waals surface area contributed by atoms with Gasteiger partial charge in [0.25, 0.3) is 5.91 Å². The van der Waals surface area contributed by atoms with Crippen LogP contribution in [0.2, 0.25) is 0 Å². The van der Waals surface area contributed by atoms with E-state index in [9.17, 15) is 14.7 Å². The third kappa shape index (κ3) is 3.68. The summed E-state index contributed by atoms with van der Waals surface area (Å²) in [4.78, 5) is 25.5. The summed E-state index contributed by atoms with van der Waals surface area (Å²) in [5.74, 6) is -1.43. The molecule has 1 saturated heterocycles. The first-order chi connectivity index (χ1) is 7.83. The molecule has 8 heteroatoms. The lowest BCUT2D eigenvalue weighted by molar-refractivity contribution is -0.138. The molecule has 96 valence electrons. The first kappa shape index (κ1) is 13.4. The molecule has 0 bridgehead atoms. The monoisotopic (exact) mass is 244 g/mol. The summed E-state index contributed by atoms with van der Waals surface area (Å²) in [7, 11) is 0. The summed E-state index contributed by atoms with van der Waals surface area (Å²) in [6, 6.07) is -0.899. The molecule has 0 saturated carbocycles.